The normalized spacial score (nSPS) is 10.8. The second-order valence-corrected chi connectivity index (χ2v) is 7.52. The third kappa shape index (κ3) is 4.22. The van der Waals surface area contributed by atoms with Gasteiger partial charge in [0.2, 0.25) is 0 Å². The van der Waals surface area contributed by atoms with E-state index in [1.54, 1.807) is 29.8 Å². The molecule has 0 unspecified atom stereocenters. The van der Waals surface area contributed by atoms with E-state index in [1.807, 2.05) is 60.7 Å². The van der Waals surface area contributed by atoms with Crippen LogP contribution in [0.1, 0.15) is 15.9 Å². The van der Waals surface area contributed by atoms with Gasteiger partial charge < -0.3 is 5.32 Å². The SMILES string of the molecule is Cn1c(SCc2ccc(C(=O)Nc3ccccc3)cc2)nc2ccccc2c1=O. The van der Waals surface area contributed by atoms with E-state index in [0.29, 0.717) is 27.4 Å². The van der Waals surface area contributed by atoms with Gasteiger partial charge in [0.1, 0.15) is 0 Å². The van der Waals surface area contributed by atoms with Crippen molar-refractivity contribution in [3.63, 3.8) is 0 Å². The predicted octanol–water partition coefficient (Wildman–Crippen LogP) is 4.48. The van der Waals surface area contributed by atoms with Crippen LogP contribution in [-0.2, 0) is 12.8 Å². The number of thioether (sulfide) groups is 1. The van der Waals surface area contributed by atoms with Gasteiger partial charge in [0.05, 0.1) is 10.9 Å². The Hall–Kier alpha value is -3.38. The van der Waals surface area contributed by atoms with E-state index in [-0.39, 0.29) is 11.5 Å². The minimum absolute atomic E-state index is 0.0500. The smallest absolute Gasteiger partial charge is 0.261 e. The number of carbonyl (C=O) groups is 1. The molecular weight excluding hydrogens is 382 g/mol. The molecule has 1 aromatic heterocycles. The fraction of sp³-hybridized carbons (Fsp3) is 0.0870. The summed E-state index contributed by atoms with van der Waals surface area (Å²) in [6.07, 6.45) is 0. The Balaban J connectivity index is 1.46. The molecule has 0 saturated heterocycles. The fourth-order valence-electron chi connectivity index (χ4n) is 2.95. The van der Waals surface area contributed by atoms with Crippen molar-refractivity contribution >= 4 is 34.3 Å². The van der Waals surface area contributed by atoms with Crippen molar-refractivity contribution in [1.82, 2.24) is 9.55 Å². The monoisotopic (exact) mass is 401 g/mol. The number of hydrogen-bond acceptors (Lipinski definition) is 4. The molecule has 6 heteroatoms. The van der Waals surface area contributed by atoms with Crippen LogP contribution in [0.15, 0.2) is 88.8 Å². The summed E-state index contributed by atoms with van der Waals surface area (Å²) >= 11 is 1.50. The molecule has 0 bridgehead atoms. The van der Waals surface area contributed by atoms with Gasteiger partial charge >= 0.3 is 0 Å². The number of amides is 1. The van der Waals surface area contributed by atoms with Gasteiger partial charge in [-0.1, -0.05) is 54.2 Å². The van der Waals surface area contributed by atoms with Gasteiger partial charge in [-0.25, -0.2) is 4.98 Å². The molecule has 0 spiro atoms. The number of fused-ring (bicyclic) bond motifs is 1. The molecule has 1 amide bonds. The first kappa shape index (κ1) is 19.0. The first-order valence-electron chi connectivity index (χ1n) is 9.16. The van der Waals surface area contributed by atoms with Gasteiger partial charge in [0.25, 0.3) is 11.5 Å². The molecule has 0 fully saturated rings. The lowest BCUT2D eigenvalue weighted by Crippen LogP contribution is -2.19. The van der Waals surface area contributed by atoms with Crippen LogP contribution in [0.5, 0.6) is 0 Å². The highest BCUT2D eigenvalue weighted by atomic mass is 32.2. The molecule has 29 heavy (non-hydrogen) atoms. The highest BCUT2D eigenvalue weighted by Crippen LogP contribution is 2.22. The molecular formula is C23H19N3O2S. The summed E-state index contributed by atoms with van der Waals surface area (Å²) in [4.78, 5) is 29.4. The third-order valence-corrected chi connectivity index (χ3v) is 5.66. The van der Waals surface area contributed by atoms with Crippen molar-refractivity contribution in [2.24, 2.45) is 7.05 Å². The molecule has 0 saturated carbocycles. The van der Waals surface area contributed by atoms with E-state index in [4.69, 9.17) is 0 Å². The summed E-state index contributed by atoms with van der Waals surface area (Å²) in [6, 6.07) is 24.2. The second-order valence-electron chi connectivity index (χ2n) is 6.58. The van der Waals surface area contributed by atoms with Gasteiger partial charge in [-0.05, 0) is 42.0 Å². The molecule has 3 aromatic carbocycles. The maximum Gasteiger partial charge on any atom is 0.261 e. The number of hydrogen-bond donors (Lipinski definition) is 1. The zero-order valence-corrected chi connectivity index (χ0v) is 16.6. The molecule has 1 N–H and O–H groups in total. The number of carbonyl (C=O) groups excluding carboxylic acids is 1. The first-order chi connectivity index (χ1) is 14.1. The highest BCUT2D eigenvalue weighted by Gasteiger charge is 2.10. The Morgan fingerprint density at radius 2 is 1.66 bits per heavy atom. The number of rotatable bonds is 5. The van der Waals surface area contributed by atoms with Crippen LogP contribution in [-0.4, -0.2) is 15.5 Å². The van der Waals surface area contributed by atoms with Crippen LogP contribution in [0.3, 0.4) is 0 Å². The average molecular weight is 401 g/mol. The zero-order chi connectivity index (χ0) is 20.2. The Kier molecular flexibility index (Phi) is 5.44. The zero-order valence-electron chi connectivity index (χ0n) is 15.8. The lowest BCUT2D eigenvalue weighted by Gasteiger charge is -2.09. The topological polar surface area (TPSA) is 64.0 Å². The Bertz CT molecular complexity index is 1220. The van der Waals surface area contributed by atoms with Crippen molar-refractivity contribution in [2.45, 2.75) is 10.9 Å². The molecule has 144 valence electrons. The summed E-state index contributed by atoms with van der Waals surface area (Å²) in [6.45, 7) is 0. The fourth-order valence-corrected chi connectivity index (χ4v) is 3.88. The molecule has 0 radical (unpaired) electrons. The van der Waals surface area contributed by atoms with E-state index in [0.717, 1.165) is 11.3 Å². The van der Waals surface area contributed by atoms with Crippen LogP contribution >= 0.6 is 11.8 Å². The van der Waals surface area contributed by atoms with Gasteiger partial charge in [-0.3, -0.25) is 14.2 Å². The number of nitrogens with one attached hydrogen (secondary N) is 1. The minimum Gasteiger partial charge on any atom is -0.322 e. The minimum atomic E-state index is -0.144. The summed E-state index contributed by atoms with van der Waals surface area (Å²) in [5.41, 5.74) is 3.06. The van der Waals surface area contributed by atoms with Crippen LogP contribution in [0.4, 0.5) is 5.69 Å². The number of benzene rings is 3. The van der Waals surface area contributed by atoms with Crippen LogP contribution < -0.4 is 10.9 Å². The van der Waals surface area contributed by atoms with Crippen molar-refractivity contribution < 1.29 is 4.79 Å². The number of aromatic nitrogens is 2. The Morgan fingerprint density at radius 3 is 2.41 bits per heavy atom. The van der Waals surface area contributed by atoms with Crippen molar-refractivity contribution in [3.8, 4) is 0 Å². The van der Waals surface area contributed by atoms with E-state index < -0.39 is 0 Å². The summed E-state index contributed by atoms with van der Waals surface area (Å²) in [5, 5.41) is 4.16. The average Bonchev–Trinajstić information content (AvgIpc) is 2.76. The summed E-state index contributed by atoms with van der Waals surface area (Å²) in [5.74, 6) is 0.508. The number of nitrogens with zero attached hydrogens (tertiary/aromatic N) is 2. The number of anilines is 1. The van der Waals surface area contributed by atoms with Crippen molar-refractivity contribution in [2.75, 3.05) is 5.32 Å². The molecule has 0 aliphatic heterocycles. The van der Waals surface area contributed by atoms with Gasteiger partial charge in [0, 0.05) is 24.1 Å². The molecule has 0 atom stereocenters. The maximum atomic E-state index is 12.5. The quantitative estimate of drug-likeness (QED) is 0.396. The summed E-state index contributed by atoms with van der Waals surface area (Å²) < 4.78 is 1.58. The van der Waals surface area contributed by atoms with Crippen molar-refractivity contribution in [3.05, 3.63) is 100 Å². The largest absolute Gasteiger partial charge is 0.322 e. The molecule has 1 heterocycles. The second kappa shape index (κ2) is 8.32. The molecule has 0 aliphatic carbocycles. The van der Waals surface area contributed by atoms with Gasteiger partial charge in [-0.2, -0.15) is 0 Å². The standard InChI is InChI=1S/C23H19N3O2S/c1-26-22(28)19-9-5-6-10-20(19)25-23(26)29-15-16-11-13-17(14-12-16)21(27)24-18-7-3-2-4-8-18/h2-14H,15H2,1H3,(H,24,27). The van der Waals surface area contributed by atoms with Crippen LogP contribution in [0, 0.1) is 0 Å². The molecule has 0 aliphatic rings. The Labute approximate surface area is 172 Å². The number of para-hydroxylation sites is 2. The van der Waals surface area contributed by atoms with Crippen molar-refractivity contribution in [1.29, 1.82) is 0 Å². The van der Waals surface area contributed by atoms with E-state index in [1.165, 1.54) is 11.8 Å². The molecule has 4 rings (SSSR count). The third-order valence-electron chi connectivity index (χ3n) is 4.56. The summed E-state index contributed by atoms with van der Waals surface area (Å²) in [7, 11) is 1.74. The van der Waals surface area contributed by atoms with Gasteiger partial charge in [0.15, 0.2) is 5.16 Å². The predicted molar refractivity (Wildman–Crippen MR) is 117 cm³/mol. The Morgan fingerprint density at radius 1 is 0.966 bits per heavy atom. The van der Waals surface area contributed by atoms with E-state index >= 15 is 0 Å². The van der Waals surface area contributed by atoms with Crippen LogP contribution in [0.25, 0.3) is 10.9 Å². The maximum absolute atomic E-state index is 12.5. The highest BCUT2D eigenvalue weighted by molar-refractivity contribution is 7.98. The van der Waals surface area contributed by atoms with E-state index in [9.17, 15) is 9.59 Å². The van der Waals surface area contributed by atoms with E-state index in [2.05, 4.69) is 10.3 Å². The first-order valence-corrected chi connectivity index (χ1v) is 10.1. The lowest BCUT2D eigenvalue weighted by atomic mass is 10.1. The lowest BCUT2D eigenvalue weighted by molar-refractivity contribution is 0.102. The molecule has 5 nitrogen and oxygen atoms in total. The van der Waals surface area contributed by atoms with Gasteiger partial charge in [-0.15, -0.1) is 0 Å². The molecule has 4 aromatic rings. The van der Waals surface area contributed by atoms with Crippen LogP contribution in [0.2, 0.25) is 0 Å².